The number of hydrogen-bond donors (Lipinski definition) is 0. The monoisotopic (exact) mass is 262 g/mol. The van der Waals surface area contributed by atoms with E-state index < -0.39 is 8.80 Å². The molecule has 0 fully saturated rings. The highest BCUT2D eigenvalue weighted by Crippen LogP contribution is 2.16. The van der Waals surface area contributed by atoms with Crippen molar-refractivity contribution in [3.63, 3.8) is 0 Å². The van der Waals surface area contributed by atoms with Gasteiger partial charge in [0.15, 0.2) is 6.20 Å². The topological polar surface area (TPSA) is 31.6 Å². The van der Waals surface area contributed by atoms with Crippen LogP contribution in [0, 0.1) is 0 Å². The standard InChI is InChI=1S/C10H20NO3SSi/c1-12-16(13-2,14-3)9-5-4-6-11-7-8-15-10-11/h7-8,10H,4-6,9H2,1-3H3/q+1. The number of aryl methyl sites for hydroxylation is 1. The highest BCUT2D eigenvalue weighted by molar-refractivity contribution is 7.07. The van der Waals surface area contributed by atoms with Crippen molar-refractivity contribution in [1.29, 1.82) is 0 Å². The second-order valence-electron chi connectivity index (χ2n) is 3.52. The van der Waals surface area contributed by atoms with E-state index >= 15 is 0 Å². The third-order valence-corrected chi connectivity index (χ3v) is 6.11. The van der Waals surface area contributed by atoms with Crippen molar-refractivity contribution in [1.82, 2.24) is 0 Å². The Balaban J connectivity index is 2.23. The Morgan fingerprint density at radius 2 is 1.81 bits per heavy atom. The van der Waals surface area contributed by atoms with Crippen molar-refractivity contribution in [3.8, 4) is 0 Å². The van der Waals surface area contributed by atoms with Crippen molar-refractivity contribution in [2.45, 2.75) is 25.4 Å². The first-order chi connectivity index (χ1) is 7.76. The second-order valence-corrected chi connectivity index (χ2v) is 7.36. The van der Waals surface area contributed by atoms with Gasteiger partial charge in [0.05, 0.1) is 5.38 Å². The number of nitrogens with zero attached hydrogens (tertiary/aromatic N) is 1. The largest absolute Gasteiger partial charge is 0.500 e. The van der Waals surface area contributed by atoms with Gasteiger partial charge >= 0.3 is 8.80 Å². The number of rotatable bonds is 8. The molecule has 16 heavy (non-hydrogen) atoms. The zero-order chi connectivity index (χ0) is 11.9. The Bertz CT molecular complexity index is 269. The van der Waals surface area contributed by atoms with Gasteiger partial charge in [-0.2, -0.15) is 4.57 Å². The minimum atomic E-state index is -2.35. The Morgan fingerprint density at radius 3 is 2.31 bits per heavy atom. The number of aromatic nitrogens is 1. The first-order valence-electron chi connectivity index (χ1n) is 5.33. The molecule has 0 saturated heterocycles. The summed E-state index contributed by atoms with van der Waals surface area (Å²) in [5.74, 6) is 0. The van der Waals surface area contributed by atoms with E-state index in [-0.39, 0.29) is 0 Å². The highest BCUT2D eigenvalue weighted by atomic mass is 32.1. The van der Waals surface area contributed by atoms with E-state index in [1.165, 1.54) is 0 Å². The summed E-state index contributed by atoms with van der Waals surface area (Å²) in [6.07, 6.45) is 4.27. The van der Waals surface area contributed by atoms with E-state index in [1.807, 2.05) is 0 Å². The van der Waals surface area contributed by atoms with Crippen molar-refractivity contribution >= 4 is 20.1 Å². The predicted molar refractivity (Wildman–Crippen MR) is 65.3 cm³/mol. The van der Waals surface area contributed by atoms with Crippen LogP contribution in [0.4, 0.5) is 0 Å². The van der Waals surface area contributed by atoms with Crippen LogP contribution in [0.2, 0.25) is 6.04 Å². The fourth-order valence-corrected chi connectivity index (χ4v) is 4.01. The van der Waals surface area contributed by atoms with Crippen molar-refractivity contribution in [3.05, 3.63) is 17.1 Å². The van der Waals surface area contributed by atoms with Crippen LogP contribution >= 0.6 is 11.3 Å². The van der Waals surface area contributed by atoms with Gasteiger partial charge in [0.25, 0.3) is 0 Å². The van der Waals surface area contributed by atoms with Crippen molar-refractivity contribution in [2.75, 3.05) is 21.3 Å². The lowest BCUT2D eigenvalue weighted by Crippen LogP contribution is -2.42. The molecular formula is C10H20NO3SSi+. The molecular weight excluding hydrogens is 242 g/mol. The molecule has 0 N–H and O–H groups in total. The smallest absolute Gasteiger partial charge is 0.377 e. The third kappa shape index (κ3) is 3.95. The molecule has 0 radical (unpaired) electrons. The molecule has 1 aromatic heterocycles. The molecule has 1 aromatic rings. The minimum absolute atomic E-state index is 0.876. The third-order valence-electron chi connectivity index (χ3n) is 2.61. The molecule has 1 rings (SSSR count). The minimum Gasteiger partial charge on any atom is -0.377 e. The fraction of sp³-hybridized carbons (Fsp3) is 0.700. The Hall–Kier alpha value is -0.273. The first kappa shape index (κ1) is 13.8. The lowest BCUT2D eigenvalue weighted by Gasteiger charge is -2.23. The van der Waals surface area contributed by atoms with E-state index in [9.17, 15) is 0 Å². The average Bonchev–Trinajstić information content (AvgIpc) is 2.83. The summed E-state index contributed by atoms with van der Waals surface area (Å²) in [6.45, 7) is 1.05. The summed E-state index contributed by atoms with van der Waals surface area (Å²) >= 11 is 1.71. The van der Waals surface area contributed by atoms with Crippen LogP contribution in [0.3, 0.4) is 0 Å². The SMILES string of the molecule is CO[Si](CCCC[n+]1ccsc1)(OC)OC. The van der Waals surface area contributed by atoms with Crippen LogP contribution in [0.25, 0.3) is 0 Å². The summed E-state index contributed by atoms with van der Waals surface area (Å²) in [5, 5.41) is 2.08. The van der Waals surface area contributed by atoms with E-state index in [0.29, 0.717) is 0 Å². The summed E-state index contributed by atoms with van der Waals surface area (Å²) < 4.78 is 18.3. The Kier molecular flexibility index (Phi) is 6.15. The van der Waals surface area contributed by atoms with Gasteiger partial charge < -0.3 is 13.3 Å². The molecule has 1 heterocycles. The second kappa shape index (κ2) is 7.13. The molecule has 0 amide bonds. The molecule has 6 heteroatoms. The molecule has 4 nitrogen and oxygen atoms in total. The molecule has 0 aliphatic heterocycles. The van der Waals surface area contributed by atoms with Crippen LogP contribution in [0.15, 0.2) is 17.1 Å². The summed E-state index contributed by atoms with van der Waals surface area (Å²) in [4.78, 5) is 0. The first-order valence-corrected chi connectivity index (χ1v) is 8.20. The molecule has 92 valence electrons. The van der Waals surface area contributed by atoms with Crippen molar-refractivity contribution < 1.29 is 17.8 Å². The molecule has 0 aromatic carbocycles. The molecule has 0 atom stereocenters. The van der Waals surface area contributed by atoms with Crippen LogP contribution in [-0.2, 0) is 19.8 Å². The van der Waals surface area contributed by atoms with Crippen LogP contribution in [0.1, 0.15) is 12.8 Å². The van der Waals surface area contributed by atoms with Gasteiger partial charge in [-0.25, -0.2) is 0 Å². The summed E-state index contributed by atoms with van der Waals surface area (Å²) in [6, 6.07) is 0.876. The van der Waals surface area contributed by atoms with Gasteiger partial charge in [-0.1, -0.05) is 11.3 Å². The molecule has 0 spiro atoms. The van der Waals surface area contributed by atoms with Gasteiger partial charge in [-0.3, -0.25) is 0 Å². The lowest BCUT2D eigenvalue weighted by molar-refractivity contribution is -0.692. The van der Waals surface area contributed by atoms with E-state index in [2.05, 4.69) is 21.7 Å². The Morgan fingerprint density at radius 1 is 1.12 bits per heavy atom. The van der Waals surface area contributed by atoms with E-state index in [0.717, 1.165) is 25.4 Å². The van der Waals surface area contributed by atoms with Gasteiger partial charge in [0, 0.05) is 33.8 Å². The van der Waals surface area contributed by atoms with Crippen molar-refractivity contribution in [2.24, 2.45) is 0 Å². The van der Waals surface area contributed by atoms with Crippen LogP contribution in [-0.4, -0.2) is 30.1 Å². The zero-order valence-corrected chi connectivity index (χ0v) is 12.0. The molecule has 0 aliphatic carbocycles. The van der Waals surface area contributed by atoms with Gasteiger partial charge in [0.1, 0.15) is 6.54 Å². The maximum absolute atomic E-state index is 5.36. The number of unbranched alkanes of at least 4 members (excludes halogenated alkanes) is 1. The fourth-order valence-electron chi connectivity index (χ4n) is 1.58. The van der Waals surface area contributed by atoms with Gasteiger partial charge in [-0.05, 0) is 6.42 Å². The van der Waals surface area contributed by atoms with Gasteiger partial charge in [-0.15, -0.1) is 0 Å². The molecule has 0 saturated carbocycles. The van der Waals surface area contributed by atoms with Crippen LogP contribution in [0.5, 0.6) is 0 Å². The predicted octanol–water partition coefficient (Wildman–Crippen LogP) is 1.69. The number of thiazole rings is 1. The number of hydrogen-bond acceptors (Lipinski definition) is 4. The zero-order valence-electron chi connectivity index (χ0n) is 10.1. The van der Waals surface area contributed by atoms with Gasteiger partial charge in [0.2, 0.25) is 5.51 Å². The molecule has 0 aliphatic rings. The van der Waals surface area contributed by atoms with E-state index in [4.69, 9.17) is 13.3 Å². The summed E-state index contributed by atoms with van der Waals surface area (Å²) in [5.41, 5.74) is 2.12. The summed E-state index contributed by atoms with van der Waals surface area (Å²) in [7, 11) is 2.63. The maximum Gasteiger partial charge on any atom is 0.500 e. The average molecular weight is 262 g/mol. The molecule has 0 bridgehead atoms. The van der Waals surface area contributed by atoms with E-state index in [1.54, 1.807) is 32.7 Å². The lowest BCUT2D eigenvalue weighted by atomic mass is 10.3. The normalized spacial score (nSPS) is 11.9. The highest BCUT2D eigenvalue weighted by Gasteiger charge is 2.36. The Labute approximate surface area is 102 Å². The van der Waals surface area contributed by atoms with Crippen LogP contribution < -0.4 is 4.57 Å². The molecule has 0 unspecified atom stereocenters. The maximum atomic E-state index is 5.36. The quantitative estimate of drug-likeness (QED) is 0.406.